The Labute approximate surface area is 112 Å². The smallest absolute Gasteiger partial charge is 0.315 e. The molecule has 0 radical (unpaired) electrons. The maximum Gasteiger partial charge on any atom is 0.323 e. The van der Waals surface area contributed by atoms with Crippen LogP contribution in [0.25, 0.3) is 11.0 Å². The van der Waals surface area contributed by atoms with Gasteiger partial charge in [-0.25, -0.2) is 4.79 Å². The van der Waals surface area contributed by atoms with E-state index in [1.54, 1.807) is 0 Å². The summed E-state index contributed by atoms with van der Waals surface area (Å²) in [5.41, 5.74) is 2.91. The molecule has 0 amide bonds. The molecule has 0 spiro atoms. The van der Waals surface area contributed by atoms with E-state index >= 15 is 0 Å². The number of fused-ring (bicyclic) bond motifs is 1. The minimum absolute atomic E-state index is 0.107. The van der Waals surface area contributed by atoms with Crippen LogP contribution in [-0.2, 0) is 6.42 Å². The van der Waals surface area contributed by atoms with Crippen LogP contribution < -0.4 is 16.3 Å². The highest BCUT2D eigenvalue weighted by molar-refractivity contribution is 5.74. The summed E-state index contributed by atoms with van der Waals surface area (Å²) in [5.74, 6) is 0. The second-order valence-corrected chi connectivity index (χ2v) is 5.52. The number of benzene rings is 1. The lowest BCUT2D eigenvalue weighted by molar-refractivity contribution is 0.395. The Morgan fingerprint density at radius 3 is 2.68 bits per heavy atom. The van der Waals surface area contributed by atoms with Gasteiger partial charge in [0.05, 0.1) is 11.0 Å². The van der Waals surface area contributed by atoms with Gasteiger partial charge in [0.2, 0.25) is 0 Å². The van der Waals surface area contributed by atoms with Crippen LogP contribution in [0.4, 0.5) is 0 Å². The molecule has 0 bridgehead atoms. The van der Waals surface area contributed by atoms with Crippen molar-refractivity contribution in [2.24, 2.45) is 0 Å². The molecule has 5 heteroatoms. The zero-order chi connectivity index (χ0) is 13.9. The standard InChI is InChI=1S/C14H22N4O/c1-14(2,15-3)9-16-7-6-10-4-5-11-12(8-10)18-13(19)17-11/h4-5,8,15-16H,6-7,9H2,1-3H3,(H2,17,18,19). The Balaban J connectivity index is 1.89. The number of rotatable bonds is 6. The number of aromatic nitrogens is 2. The summed E-state index contributed by atoms with van der Waals surface area (Å²) in [6.45, 7) is 6.17. The molecule has 2 rings (SSSR count). The Morgan fingerprint density at radius 2 is 1.95 bits per heavy atom. The van der Waals surface area contributed by atoms with E-state index in [1.807, 2.05) is 19.2 Å². The maximum atomic E-state index is 11.2. The summed E-state index contributed by atoms with van der Waals surface area (Å²) in [6, 6.07) is 6.02. The molecule has 19 heavy (non-hydrogen) atoms. The summed E-state index contributed by atoms with van der Waals surface area (Å²) >= 11 is 0. The van der Waals surface area contributed by atoms with Crippen molar-refractivity contribution in [3.63, 3.8) is 0 Å². The third kappa shape index (κ3) is 3.68. The van der Waals surface area contributed by atoms with Crippen molar-refractivity contribution < 1.29 is 0 Å². The summed E-state index contributed by atoms with van der Waals surface area (Å²) in [5, 5.41) is 6.70. The van der Waals surface area contributed by atoms with E-state index in [0.29, 0.717) is 0 Å². The van der Waals surface area contributed by atoms with Crippen LogP contribution in [-0.4, -0.2) is 35.6 Å². The number of hydrogen-bond donors (Lipinski definition) is 4. The predicted octanol–water partition coefficient (Wildman–Crippen LogP) is 0.986. The van der Waals surface area contributed by atoms with Crippen LogP contribution in [0.2, 0.25) is 0 Å². The molecule has 1 aromatic heterocycles. The average Bonchev–Trinajstić information content (AvgIpc) is 2.74. The van der Waals surface area contributed by atoms with Gasteiger partial charge in [0.25, 0.3) is 0 Å². The highest BCUT2D eigenvalue weighted by Crippen LogP contribution is 2.10. The van der Waals surface area contributed by atoms with Gasteiger partial charge in [0.15, 0.2) is 0 Å². The number of aromatic amines is 2. The molecule has 0 aliphatic rings. The van der Waals surface area contributed by atoms with Crippen LogP contribution in [0.5, 0.6) is 0 Å². The monoisotopic (exact) mass is 262 g/mol. The molecule has 0 atom stereocenters. The molecule has 0 aliphatic carbocycles. The van der Waals surface area contributed by atoms with Gasteiger partial charge in [-0.1, -0.05) is 6.07 Å². The van der Waals surface area contributed by atoms with Gasteiger partial charge in [-0.15, -0.1) is 0 Å². The Morgan fingerprint density at radius 1 is 1.21 bits per heavy atom. The molecular formula is C14H22N4O. The molecule has 0 saturated carbocycles. The van der Waals surface area contributed by atoms with Crippen molar-refractivity contribution in [3.8, 4) is 0 Å². The van der Waals surface area contributed by atoms with Crippen molar-refractivity contribution in [3.05, 3.63) is 34.2 Å². The van der Waals surface area contributed by atoms with E-state index in [1.165, 1.54) is 5.56 Å². The second kappa shape index (κ2) is 5.59. The summed E-state index contributed by atoms with van der Waals surface area (Å²) in [4.78, 5) is 16.7. The molecule has 0 fully saturated rings. The largest absolute Gasteiger partial charge is 0.323 e. The fourth-order valence-corrected chi connectivity index (χ4v) is 1.96. The number of nitrogens with one attached hydrogen (secondary N) is 4. The molecule has 2 aromatic rings. The normalized spacial score (nSPS) is 12.2. The van der Waals surface area contributed by atoms with Crippen molar-refractivity contribution in [2.75, 3.05) is 20.1 Å². The van der Waals surface area contributed by atoms with Gasteiger partial charge in [0, 0.05) is 12.1 Å². The molecule has 5 nitrogen and oxygen atoms in total. The number of H-pyrrole nitrogens is 2. The van der Waals surface area contributed by atoms with E-state index in [9.17, 15) is 4.79 Å². The maximum absolute atomic E-state index is 11.2. The van der Waals surface area contributed by atoms with Gasteiger partial charge in [0.1, 0.15) is 0 Å². The van der Waals surface area contributed by atoms with Crippen molar-refractivity contribution in [2.45, 2.75) is 25.8 Å². The fraction of sp³-hybridized carbons (Fsp3) is 0.500. The van der Waals surface area contributed by atoms with Crippen molar-refractivity contribution in [1.29, 1.82) is 0 Å². The van der Waals surface area contributed by atoms with Crippen LogP contribution in [0.1, 0.15) is 19.4 Å². The molecule has 0 aliphatic heterocycles. The highest BCUT2D eigenvalue weighted by Gasteiger charge is 2.12. The van der Waals surface area contributed by atoms with Crippen molar-refractivity contribution in [1.82, 2.24) is 20.6 Å². The van der Waals surface area contributed by atoms with Crippen LogP contribution in [0.3, 0.4) is 0 Å². The molecule has 104 valence electrons. The highest BCUT2D eigenvalue weighted by atomic mass is 16.1. The third-order valence-electron chi connectivity index (χ3n) is 3.41. The third-order valence-corrected chi connectivity index (χ3v) is 3.41. The van der Waals surface area contributed by atoms with E-state index < -0.39 is 0 Å². The van der Waals surface area contributed by atoms with E-state index in [2.05, 4.69) is 40.5 Å². The zero-order valence-corrected chi connectivity index (χ0v) is 11.8. The molecule has 1 aromatic carbocycles. The topological polar surface area (TPSA) is 72.7 Å². The van der Waals surface area contributed by atoms with Gasteiger partial charge in [-0.05, 0) is 51.6 Å². The Bertz CT molecular complexity index is 597. The number of hydrogen-bond acceptors (Lipinski definition) is 3. The Kier molecular flexibility index (Phi) is 4.07. The molecule has 4 N–H and O–H groups in total. The minimum Gasteiger partial charge on any atom is -0.315 e. The second-order valence-electron chi connectivity index (χ2n) is 5.52. The first-order valence-corrected chi connectivity index (χ1v) is 6.61. The van der Waals surface area contributed by atoms with E-state index in [-0.39, 0.29) is 11.2 Å². The Hall–Kier alpha value is -1.59. The fourth-order valence-electron chi connectivity index (χ4n) is 1.96. The van der Waals surface area contributed by atoms with E-state index in [4.69, 9.17) is 0 Å². The average molecular weight is 262 g/mol. The zero-order valence-electron chi connectivity index (χ0n) is 11.8. The minimum atomic E-state index is -0.152. The first kappa shape index (κ1) is 13.8. The lowest BCUT2D eigenvalue weighted by Gasteiger charge is -2.24. The van der Waals surface area contributed by atoms with Crippen LogP contribution in [0, 0.1) is 0 Å². The number of imidazole rings is 1. The van der Waals surface area contributed by atoms with Crippen molar-refractivity contribution >= 4 is 11.0 Å². The predicted molar refractivity (Wildman–Crippen MR) is 78.6 cm³/mol. The number of likely N-dealkylation sites (N-methyl/N-ethyl adjacent to an activating group) is 1. The summed E-state index contributed by atoms with van der Waals surface area (Å²) < 4.78 is 0. The van der Waals surface area contributed by atoms with Gasteiger partial charge >= 0.3 is 5.69 Å². The quantitative estimate of drug-likeness (QED) is 0.587. The first-order chi connectivity index (χ1) is 9.00. The molecular weight excluding hydrogens is 240 g/mol. The van der Waals surface area contributed by atoms with E-state index in [0.717, 1.165) is 30.5 Å². The first-order valence-electron chi connectivity index (χ1n) is 6.61. The van der Waals surface area contributed by atoms with Crippen LogP contribution in [0.15, 0.2) is 23.0 Å². The van der Waals surface area contributed by atoms with Gasteiger partial charge in [-0.3, -0.25) is 0 Å². The lowest BCUT2D eigenvalue weighted by Crippen LogP contribution is -2.46. The lowest BCUT2D eigenvalue weighted by atomic mass is 10.1. The molecule has 0 unspecified atom stereocenters. The molecule has 0 saturated heterocycles. The molecule has 1 heterocycles. The summed E-state index contributed by atoms with van der Waals surface area (Å²) in [7, 11) is 1.97. The van der Waals surface area contributed by atoms with Gasteiger partial charge in [-0.2, -0.15) is 0 Å². The van der Waals surface area contributed by atoms with Crippen LogP contribution >= 0.6 is 0 Å². The van der Waals surface area contributed by atoms with Gasteiger partial charge < -0.3 is 20.6 Å². The summed E-state index contributed by atoms with van der Waals surface area (Å²) in [6.07, 6.45) is 0.947. The SMILES string of the molecule is CNC(C)(C)CNCCc1ccc2[nH]c(=O)[nH]c2c1.